The second-order valence-corrected chi connectivity index (χ2v) is 5.89. The minimum absolute atomic E-state index is 0.00414. The van der Waals surface area contributed by atoms with Crippen molar-refractivity contribution in [3.8, 4) is 5.75 Å². The van der Waals surface area contributed by atoms with Gasteiger partial charge in [0.2, 0.25) is 0 Å². The summed E-state index contributed by atoms with van der Waals surface area (Å²) in [6.45, 7) is 1.35. The van der Waals surface area contributed by atoms with Crippen molar-refractivity contribution in [3.05, 3.63) is 60.2 Å². The number of amides is 1. The lowest BCUT2D eigenvalue weighted by Crippen LogP contribution is -2.35. The predicted molar refractivity (Wildman–Crippen MR) is 97.6 cm³/mol. The minimum Gasteiger partial charge on any atom is -0.484 e. The molecule has 0 unspecified atom stereocenters. The van der Waals surface area contributed by atoms with Crippen molar-refractivity contribution in [3.63, 3.8) is 0 Å². The largest absolute Gasteiger partial charge is 0.484 e. The normalized spacial score (nSPS) is 16.9. The van der Waals surface area contributed by atoms with E-state index in [1.54, 1.807) is 6.21 Å². The second-order valence-electron chi connectivity index (χ2n) is 5.89. The van der Waals surface area contributed by atoms with Crippen LogP contribution in [-0.4, -0.2) is 38.0 Å². The zero-order chi connectivity index (χ0) is 17.3. The summed E-state index contributed by atoms with van der Waals surface area (Å²) in [4.78, 5) is 16.2. The van der Waals surface area contributed by atoms with E-state index in [1.165, 1.54) is 0 Å². The van der Waals surface area contributed by atoms with Crippen LogP contribution in [0.2, 0.25) is 0 Å². The van der Waals surface area contributed by atoms with E-state index in [0.29, 0.717) is 12.3 Å². The van der Waals surface area contributed by atoms with Gasteiger partial charge in [-0.15, -0.1) is 0 Å². The molecule has 0 bridgehead atoms. The maximum Gasteiger partial charge on any atom is 0.258 e. The summed E-state index contributed by atoms with van der Waals surface area (Å²) in [5, 5.41) is 2.83. The van der Waals surface area contributed by atoms with E-state index in [-0.39, 0.29) is 18.6 Å². The van der Waals surface area contributed by atoms with Gasteiger partial charge in [0, 0.05) is 19.4 Å². The fourth-order valence-corrected chi connectivity index (χ4v) is 2.55. The monoisotopic (exact) mass is 338 g/mol. The number of hydrogen-bond donors (Lipinski definition) is 1. The molecule has 1 fully saturated rings. The number of carbonyl (C=O) groups excluding carboxylic acids is 1. The third-order valence-corrected chi connectivity index (χ3v) is 3.92. The van der Waals surface area contributed by atoms with E-state index in [4.69, 9.17) is 9.47 Å². The quantitative estimate of drug-likeness (QED) is 0.789. The van der Waals surface area contributed by atoms with Crippen molar-refractivity contribution in [2.75, 3.05) is 19.8 Å². The standard InChI is InChI=1S/C20H22N2O3/c23-20(22-14-19-7-4-12-24-19)15-25-18-10-8-16(9-11-18)13-21-17-5-2-1-3-6-17/h1-3,5-6,8-11,13,19H,4,7,12,14-15H2,(H,22,23)/t19-/m0/s1. The highest BCUT2D eigenvalue weighted by molar-refractivity contribution is 5.82. The molecule has 0 aromatic heterocycles. The molecule has 0 saturated carbocycles. The third-order valence-electron chi connectivity index (χ3n) is 3.92. The lowest BCUT2D eigenvalue weighted by atomic mass is 10.2. The average molecular weight is 338 g/mol. The van der Waals surface area contributed by atoms with Gasteiger partial charge in [-0.25, -0.2) is 0 Å². The number of nitrogens with one attached hydrogen (secondary N) is 1. The lowest BCUT2D eigenvalue weighted by Gasteiger charge is -2.11. The van der Waals surface area contributed by atoms with Gasteiger partial charge in [0.15, 0.2) is 6.61 Å². The first-order valence-corrected chi connectivity index (χ1v) is 8.50. The molecule has 1 aliphatic heterocycles. The molecule has 0 radical (unpaired) electrons. The Morgan fingerprint density at radius 1 is 1.20 bits per heavy atom. The first-order valence-electron chi connectivity index (χ1n) is 8.50. The predicted octanol–water partition coefficient (Wildman–Crippen LogP) is 3.11. The molecular formula is C20H22N2O3. The van der Waals surface area contributed by atoms with E-state index < -0.39 is 0 Å². The van der Waals surface area contributed by atoms with Crippen molar-refractivity contribution in [1.82, 2.24) is 5.32 Å². The Morgan fingerprint density at radius 3 is 2.72 bits per heavy atom. The van der Waals surface area contributed by atoms with Gasteiger partial charge in [-0.3, -0.25) is 9.79 Å². The van der Waals surface area contributed by atoms with Crippen LogP contribution in [0.4, 0.5) is 5.69 Å². The second kappa shape index (κ2) is 8.99. The molecule has 0 aliphatic carbocycles. The van der Waals surface area contributed by atoms with Gasteiger partial charge < -0.3 is 14.8 Å². The van der Waals surface area contributed by atoms with Crippen LogP contribution in [0.5, 0.6) is 5.75 Å². The summed E-state index contributed by atoms with van der Waals surface area (Å²) in [6, 6.07) is 17.2. The third kappa shape index (κ3) is 5.72. The summed E-state index contributed by atoms with van der Waals surface area (Å²) in [5.41, 5.74) is 1.88. The van der Waals surface area contributed by atoms with Gasteiger partial charge in [-0.05, 0) is 54.8 Å². The van der Waals surface area contributed by atoms with Crippen LogP contribution < -0.4 is 10.1 Å². The molecule has 1 atom stereocenters. The number of nitrogens with zero attached hydrogens (tertiary/aromatic N) is 1. The molecule has 1 aliphatic rings. The first kappa shape index (κ1) is 17.2. The number of rotatable bonds is 7. The number of aliphatic imine (C=N–C) groups is 1. The molecule has 1 amide bonds. The Labute approximate surface area is 147 Å². The Morgan fingerprint density at radius 2 is 2.00 bits per heavy atom. The van der Waals surface area contributed by atoms with Gasteiger partial charge in [0.05, 0.1) is 11.8 Å². The molecule has 5 nitrogen and oxygen atoms in total. The Hall–Kier alpha value is -2.66. The van der Waals surface area contributed by atoms with Gasteiger partial charge in [0.1, 0.15) is 5.75 Å². The number of hydrogen-bond acceptors (Lipinski definition) is 4. The van der Waals surface area contributed by atoms with Crippen LogP contribution in [0.25, 0.3) is 0 Å². The number of carbonyl (C=O) groups is 1. The number of benzene rings is 2. The molecule has 1 N–H and O–H groups in total. The molecule has 1 heterocycles. The Balaban J connectivity index is 1.42. The molecule has 5 heteroatoms. The van der Waals surface area contributed by atoms with Crippen LogP contribution in [-0.2, 0) is 9.53 Å². The fraction of sp³-hybridized carbons (Fsp3) is 0.300. The van der Waals surface area contributed by atoms with Crippen LogP contribution in [0.3, 0.4) is 0 Å². The summed E-state index contributed by atoms with van der Waals surface area (Å²) >= 11 is 0. The van der Waals surface area contributed by atoms with Gasteiger partial charge in [-0.1, -0.05) is 18.2 Å². The first-order chi connectivity index (χ1) is 12.3. The summed E-state index contributed by atoms with van der Waals surface area (Å²) in [5.74, 6) is 0.523. The highest BCUT2D eigenvalue weighted by Gasteiger charge is 2.16. The zero-order valence-electron chi connectivity index (χ0n) is 14.1. The maximum absolute atomic E-state index is 11.8. The minimum atomic E-state index is -0.134. The molecule has 1 saturated heterocycles. The van der Waals surface area contributed by atoms with Crippen molar-refractivity contribution < 1.29 is 14.3 Å². The molecule has 2 aromatic carbocycles. The topological polar surface area (TPSA) is 59.9 Å². The van der Waals surface area contributed by atoms with Crippen molar-refractivity contribution in [2.24, 2.45) is 4.99 Å². The number of ether oxygens (including phenoxy) is 2. The molecule has 0 spiro atoms. The van der Waals surface area contributed by atoms with Crippen LogP contribution in [0.15, 0.2) is 59.6 Å². The van der Waals surface area contributed by atoms with E-state index >= 15 is 0 Å². The molecule has 25 heavy (non-hydrogen) atoms. The summed E-state index contributed by atoms with van der Waals surface area (Å²) < 4.78 is 11.0. The van der Waals surface area contributed by atoms with Crippen molar-refractivity contribution >= 4 is 17.8 Å². The molecule has 2 aromatic rings. The average Bonchev–Trinajstić information content (AvgIpc) is 3.18. The Kier molecular flexibility index (Phi) is 6.17. The van der Waals surface area contributed by atoms with Gasteiger partial charge in [0.25, 0.3) is 5.91 Å². The Bertz CT molecular complexity index is 693. The SMILES string of the molecule is O=C(COc1ccc(C=Nc2ccccc2)cc1)NC[C@@H]1CCCO1. The van der Waals surface area contributed by atoms with E-state index in [9.17, 15) is 4.79 Å². The van der Waals surface area contributed by atoms with Gasteiger partial charge in [-0.2, -0.15) is 0 Å². The highest BCUT2D eigenvalue weighted by atomic mass is 16.5. The van der Waals surface area contributed by atoms with Crippen LogP contribution in [0.1, 0.15) is 18.4 Å². The highest BCUT2D eigenvalue weighted by Crippen LogP contribution is 2.14. The lowest BCUT2D eigenvalue weighted by molar-refractivity contribution is -0.123. The van der Waals surface area contributed by atoms with E-state index in [2.05, 4.69) is 10.3 Å². The summed E-state index contributed by atoms with van der Waals surface area (Å²) in [6.07, 6.45) is 4.02. The molecule has 3 rings (SSSR count). The van der Waals surface area contributed by atoms with Gasteiger partial charge >= 0.3 is 0 Å². The summed E-state index contributed by atoms with van der Waals surface area (Å²) in [7, 11) is 0. The maximum atomic E-state index is 11.8. The smallest absolute Gasteiger partial charge is 0.258 e. The van der Waals surface area contributed by atoms with Crippen molar-refractivity contribution in [1.29, 1.82) is 0 Å². The van der Waals surface area contributed by atoms with Crippen molar-refractivity contribution in [2.45, 2.75) is 18.9 Å². The zero-order valence-corrected chi connectivity index (χ0v) is 14.1. The van der Waals surface area contributed by atoms with Crippen LogP contribution >= 0.6 is 0 Å². The molecular weight excluding hydrogens is 316 g/mol. The fourth-order valence-electron chi connectivity index (χ4n) is 2.55. The number of para-hydroxylation sites is 1. The van der Waals surface area contributed by atoms with E-state index in [0.717, 1.165) is 30.7 Å². The van der Waals surface area contributed by atoms with Crippen LogP contribution in [0, 0.1) is 0 Å². The molecule has 130 valence electrons. The van der Waals surface area contributed by atoms with E-state index in [1.807, 2.05) is 54.6 Å².